The van der Waals surface area contributed by atoms with Crippen LogP contribution in [0.5, 0.6) is 0 Å². The Bertz CT molecular complexity index is 224. The molecular formula is C13H28N4. The predicted octanol–water partition coefficient (Wildman–Crippen LogP) is 1.43. The summed E-state index contributed by atoms with van der Waals surface area (Å²) in [6.07, 6.45) is 2.74. The predicted molar refractivity (Wildman–Crippen MR) is 74.5 cm³/mol. The van der Waals surface area contributed by atoms with Crippen LogP contribution in [0.3, 0.4) is 0 Å². The van der Waals surface area contributed by atoms with E-state index in [1.807, 2.05) is 0 Å². The minimum Gasteiger partial charge on any atom is -0.357 e. The molecule has 0 aromatic carbocycles. The first-order valence-corrected chi connectivity index (χ1v) is 6.96. The summed E-state index contributed by atoms with van der Waals surface area (Å²) in [5, 5.41) is 6.50. The molecule has 0 radical (unpaired) electrons. The van der Waals surface area contributed by atoms with E-state index in [0.29, 0.717) is 6.04 Å². The van der Waals surface area contributed by atoms with E-state index in [-0.39, 0.29) is 0 Å². The van der Waals surface area contributed by atoms with E-state index in [9.17, 15) is 0 Å². The molecule has 1 aliphatic carbocycles. The Morgan fingerprint density at radius 1 is 1.24 bits per heavy atom. The van der Waals surface area contributed by atoms with E-state index in [1.165, 1.54) is 12.8 Å². The Labute approximate surface area is 106 Å². The molecule has 0 atom stereocenters. The molecule has 1 rings (SSSR count). The Morgan fingerprint density at radius 2 is 1.82 bits per heavy atom. The van der Waals surface area contributed by atoms with Gasteiger partial charge in [-0.3, -0.25) is 9.89 Å². The molecule has 4 nitrogen and oxygen atoms in total. The quantitative estimate of drug-likeness (QED) is 0.522. The van der Waals surface area contributed by atoms with E-state index in [2.05, 4.69) is 48.2 Å². The molecule has 0 aromatic rings. The number of aliphatic imine (C=N–C) groups is 1. The van der Waals surface area contributed by atoms with E-state index < -0.39 is 0 Å². The van der Waals surface area contributed by atoms with Gasteiger partial charge >= 0.3 is 0 Å². The second-order valence-corrected chi connectivity index (χ2v) is 4.85. The molecule has 0 aromatic heterocycles. The molecule has 1 aliphatic rings. The van der Waals surface area contributed by atoms with Crippen LogP contribution in [-0.4, -0.2) is 49.1 Å². The maximum Gasteiger partial charge on any atom is 0.191 e. The number of guanidine groups is 1. The van der Waals surface area contributed by atoms with Gasteiger partial charge in [0.1, 0.15) is 0 Å². The normalized spacial score (nSPS) is 15.2. The lowest BCUT2D eigenvalue weighted by Crippen LogP contribution is -2.39. The number of nitrogens with zero attached hydrogens (tertiary/aromatic N) is 2. The fourth-order valence-corrected chi connectivity index (χ4v) is 2.06. The molecule has 0 saturated heterocycles. The maximum absolute atomic E-state index is 4.59. The highest BCUT2D eigenvalue weighted by Gasteiger charge is 2.29. The Kier molecular flexibility index (Phi) is 6.34. The molecule has 2 N–H and O–H groups in total. The zero-order valence-electron chi connectivity index (χ0n) is 11.8. The summed E-state index contributed by atoms with van der Waals surface area (Å²) >= 11 is 0. The highest BCUT2D eigenvalue weighted by molar-refractivity contribution is 5.79. The van der Waals surface area contributed by atoms with Crippen molar-refractivity contribution in [3.63, 3.8) is 0 Å². The fraction of sp³-hybridized carbons (Fsp3) is 0.923. The van der Waals surface area contributed by atoms with Gasteiger partial charge in [-0.05, 0) is 40.5 Å². The lowest BCUT2D eigenvalue weighted by atomic mass is 10.3. The summed E-state index contributed by atoms with van der Waals surface area (Å²) in [6.45, 7) is 12.5. The van der Waals surface area contributed by atoms with Gasteiger partial charge in [-0.1, -0.05) is 0 Å². The highest BCUT2D eigenvalue weighted by atomic mass is 15.2. The molecule has 0 aliphatic heterocycles. The number of hydrogen-bond donors (Lipinski definition) is 2. The summed E-state index contributed by atoms with van der Waals surface area (Å²) in [5.74, 6) is 0.939. The van der Waals surface area contributed by atoms with Crippen LogP contribution in [0.25, 0.3) is 0 Å². The first-order valence-electron chi connectivity index (χ1n) is 6.96. The van der Waals surface area contributed by atoms with E-state index in [0.717, 1.165) is 38.2 Å². The maximum atomic E-state index is 4.59. The first-order chi connectivity index (χ1) is 8.19. The summed E-state index contributed by atoms with van der Waals surface area (Å²) in [5.41, 5.74) is 0. The van der Waals surface area contributed by atoms with Crippen LogP contribution in [-0.2, 0) is 0 Å². The highest BCUT2D eigenvalue weighted by Crippen LogP contribution is 2.28. The zero-order valence-corrected chi connectivity index (χ0v) is 11.8. The topological polar surface area (TPSA) is 39.7 Å². The van der Waals surface area contributed by atoms with Gasteiger partial charge in [-0.2, -0.15) is 0 Å². The monoisotopic (exact) mass is 240 g/mol. The largest absolute Gasteiger partial charge is 0.357 e. The van der Waals surface area contributed by atoms with Crippen LogP contribution < -0.4 is 10.6 Å². The zero-order chi connectivity index (χ0) is 12.7. The molecule has 0 unspecified atom stereocenters. The Morgan fingerprint density at radius 3 is 2.24 bits per heavy atom. The van der Waals surface area contributed by atoms with Gasteiger partial charge in [0.05, 0.1) is 6.54 Å². The molecule has 1 saturated carbocycles. The first kappa shape index (κ1) is 14.3. The molecule has 1 fully saturated rings. The van der Waals surface area contributed by atoms with Gasteiger partial charge in [-0.25, -0.2) is 0 Å². The number of hydrogen-bond acceptors (Lipinski definition) is 2. The number of rotatable bonds is 7. The summed E-state index contributed by atoms with van der Waals surface area (Å²) in [4.78, 5) is 7.16. The van der Waals surface area contributed by atoms with Crippen molar-refractivity contribution in [3.8, 4) is 0 Å². The minimum atomic E-state index is 0.638. The van der Waals surface area contributed by atoms with E-state index >= 15 is 0 Å². The van der Waals surface area contributed by atoms with Crippen molar-refractivity contribution in [2.45, 2.75) is 52.6 Å². The fourth-order valence-electron chi connectivity index (χ4n) is 2.06. The number of nitrogens with one attached hydrogen (secondary N) is 2. The second-order valence-electron chi connectivity index (χ2n) is 4.85. The third-order valence-corrected chi connectivity index (χ3v) is 3.00. The lowest BCUT2D eigenvalue weighted by molar-refractivity contribution is 0.218. The van der Waals surface area contributed by atoms with Gasteiger partial charge < -0.3 is 10.6 Å². The molecule has 100 valence electrons. The molecule has 17 heavy (non-hydrogen) atoms. The van der Waals surface area contributed by atoms with E-state index in [4.69, 9.17) is 0 Å². The molecule has 0 amide bonds. The molecule has 0 heterocycles. The summed E-state index contributed by atoms with van der Waals surface area (Å²) in [7, 11) is 0. The van der Waals surface area contributed by atoms with Gasteiger partial charge in [0.25, 0.3) is 0 Å². The van der Waals surface area contributed by atoms with E-state index in [1.54, 1.807) is 0 Å². The van der Waals surface area contributed by atoms with Crippen molar-refractivity contribution in [1.82, 2.24) is 15.5 Å². The smallest absolute Gasteiger partial charge is 0.191 e. The van der Waals surface area contributed by atoms with Crippen LogP contribution in [0.1, 0.15) is 40.5 Å². The van der Waals surface area contributed by atoms with Crippen LogP contribution in [0.15, 0.2) is 4.99 Å². The molecule has 0 bridgehead atoms. The second kappa shape index (κ2) is 7.54. The van der Waals surface area contributed by atoms with Crippen LogP contribution >= 0.6 is 0 Å². The average Bonchev–Trinajstić information content (AvgIpc) is 3.08. The van der Waals surface area contributed by atoms with Crippen molar-refractivity contribution in [3.05, 3.63) is 0 Å². The van der Waals surface area contributed by atoms with Crippen molar-refractivity contribution in [1.29, 1.82) is 0 Å². The molecule has 0 spiro atoms. The molecule has 4 heteroatoms. The van der Waals surface area contributed by atoms with Crippen LogP contribution in [0.2, 0.25) is 0 Å². The van der Waals surface area contributed by atoms with Crippen molar-refractivity contribution >= 4 is 5.96 Å². The van der Waals surface area contributed by atoms with Crippen LogP contribution in [0, 0.1) is 0 Å². The average molecular weight is 240 g/mol. The van der Waals surface area contributed by atoms with Gasteiger partial charge in [-0.15, -0.1) is 0 Å². The SMILES string of the molecule is CCNC(=NCCN(C(C)C)C1CC1)NCC. The Balaban J connectivity index is 2.33. The minimum absolute atomic E-state index is 0.638. The lowest BCUT2D eigenvalue weighted by Gasteiger charge is -2.25. The Hall–Kier alpha value is -0.770. The van der Waals surface area contributed by atoms with Gasteiger partial charge in [0.2, 0.25) is 0 Å². The van der Waals surface area contributed by atoms with Crippen molar-refractivity contribution < 1.29 is 0 Å². The third kappa shape index (κ3) is 5.39. The van der Waals surface area contributed by atoms with Crippen molar-refractivity contribution in [2.24, 2.45) is 4.99 Å². The summed E-state index contributed by atoms with van der Waals surface area (Å²) < 4.78 is 0. The summed E-state index contributed by atoms with van der Waals surface area (Å²) in [6, 6.07) is 1.46. The van der Waals surface area contributed by atoms with Gasteiger partial charge in [0, 0.05) is 31.7 Å². The third-order valence-electron chi connectivity index (χ3n) is 3.00. The van der Waals surface area contributed by atoms with Crippen LogP contribution in [0.4, 0.5) is 0 Å². The molecular weight excluding hydrogens is 212 g/mol. The van der Waals surface area contributed by atoms with Crippen molar-refractivity contribution in [2.75, 3.05) is 26.2 Å². The van der Waals surface area contributed by atoms with Gasteiger partial charge in [0.15, 0.2) is 5.96 Å². The standard InChI is InChI=1S/C13H28N4/c1-5-14-13(15-6-2)16-9-10-17(11(3)4)12-7-8-12/h11-12H,5-10H2,1-4H3,(H2,14,15,16).